The van der Waals surface area contributed by atoms with Gasteiger partial charge in [-0.25, -0.2) is 4.98 Å². The maximum absolute atomic E-state index is 12.0. The van der Waals surface area contributed by atoms with Gasteiger partial charge in [-0.3, -0.25) is 4.79 Å². The molecule has 2 aromatic rings. The molecule has 0 bridgehead atoms. The minimum absolute atomic E-state index is 0.0345. The Morgan fingerprint density at radius 1 is 1.53 bits per heavy atom. The Kier molecular flexibility index (Phi) is 4.74. The van der Waals surface area contributed by atoms with Crippen molar-refractivity contribution < 1.29 is 4.79 Å². The second-order valence-corrected chi connectivity index (χ2v) is 5.60. The Morgan fingerprint density at radius 3 is 3.00 bits per heavy atom. The van der Waals surface area contributed by atoms with Gasteiger partial charge in [0.25, 0.3) is 5.91 Å². The Bertz CT molecular complexity index is 531. The van der Waals surface area contributed by atoms with Crippen LogP contribution >= 0.6 is 11.3 Å². The van der Waals surface area contributed by atoms with Crippen LogP contribution < -0.4 is 5.32 Å². The molecule has 0 spiro atoms. The number of carbonyl (C=O) groups is 1. The monoisotopic (exact) mass is 277 g/mol. The first-order chi connectivity index (χ1) is 9.20. The SMILES string of the molecule is CCc1sc(C(=O)NCCCc2ncc[nH]2)cc1C. The average Bonchev–Trinajstić information content (AvgIpc) is 3.03. The Labute approximate surface area is 117 Å². The molecule has 0 saturated carbocycles. The molecule has 0 aliphatic rings. The molecule has 4 nitrogen and oxygen atoms in total. The largest absolute Gasteiger partial charge is 0.351 e. The highest BCUT2D eigenvalue weighted by Crippen LogP contribution is 2.22. The van der Waals surface area contributed by atoms with Crippen molar-refractivity contribution in [2.24, 2.45) is 0 Å². The van der Waals surface area contributed by atoms with E-state index in [2.05, 4.69) is 29.1 Å². The lowest BCUT2D eigenvalue weighted by atomic mass is 10.2. The first-order valence-electron chi connectivity index (χ1n) is 6.56. The van der Waals surface area contributed by atoms with E-state index >= 15 is 0 Å². The van der Waals surface area contributed by atoms with Gasteiger partial charge in [0.15, 0.2) is 0 Å². The number of H-pyrrole nitrogens is 1. The smallest absolute Gasteiger partial charge is 0.261 e. The molecule has 2 N–H and O–H groups in total. The zero-order valence-electron chi connectivity index (χ0n) is 11.3. The maximum atomic E-state index is 12.0. The molecule has 2 heterocycles. The summed E-state index contributed by atoms with van der Waals surface area (Å²) in [7, 11) is 0. The van der Waals surface area contributed by atoms with Crippen LogP contribution in [0.2, 0.25) is 0 Å². The summed E-state index contributed by atoms with van der Waals surface area (Å²) in [6, 6.07) is 1.98. The van der Waals surface area contributed by atoms with Gasteiger partial charge < -0.3 is 10.3 Å². The molecule has 0 aromatic carbocycles. The van der Waals surface area contributed by atoms with Gasteiger partial charge in [0.2, 0.25) is 0 Å². The highest BCUT2D eigenvalue weighted by Gasteiger charge is 2.10. The molecule has 0 aliphatic heterocycles. The van der Waals surface area contributed by atoms with E-state index in [0.717, 1.165) is 30.0 Å². The molecule has 2 rings (SSSR count). The van der Waals surface area contributed by atoms with Crippen LogP contribution in [-0.2, 0) is 12.8 Å². The van der Waals surface area contributed by atoms with Gasteiger partial charge in [-0.05, 0) is 31.4 Å². The fraction of sp³-hybridized carbons (Fsp3) is 0.429. The van der Waals surface area contributed by atoms with Crippen molar-refractivity contribution >= 4 is 17.2 Å². The number of aromatic nitrogens is 2. The molecule has 102 valence electrons. The van der Waals surface area contributed by atoms with E-state index in [1.807, 2.05) is 12.3 Å². The first-order valence-corrected chi connectivity index (χ1v) is 7.38. The third-order valence-corrected chi connectivity index (χ3v) is 4.38. The predicted octanol–water partition coefficient (Wildman–Crippen LogP) is 2.70. The number of carbonyl (C=O) groups excluding carboxylic acids is 1. The van der Waals surface area contributed by atoms with Crippen molar-refractivity contribution in [3.05, 3.63) is 39.6 Å². The van der Waals surface area contributed by atoms with Crippen molar-refractivity contribution in [3.8, 4) is 0 Å². The average molecular weight is 277 g/mol. The molecule has 2 aromatic heterocycles. The van der Waals surface area contributed by atoms with E-state index in [9.17, 15) is 4.79 Å². The maximum Gasteiger partial charge on any atom is 0.261 e. The van der Waals surface area contributed by atoms with Crippen molar-refractivity contribution in [3.63, 3.8) is 0 Å². The molecule has 0 fully saturated rings. The van der Waals surface area contributed by atoms with Gasteiger partial charge >= 0.3 is 0 Å². The van der Waals surface area contributed by atoms with Gasteiger partial charge in [-0.15, -0.1) is 11.3 Å². The zero-order valence-corrected chi connectivity index (χ0v) is 12.1. The lowest BCUT2D eigenvalue weighted by Crippen LogP contribution is -2.23. The Balaban J connectivity index is 1.77. The summed E-state index contributed by atoms with van der Waals surface area (Å²) < 4.78 is 0. The van der Waals surface area contributed by atoms with Crippen LogP contribution in [0.15, 0.2) is 18.5 Å². The van der Waals surface area contributed by atoms with E-state index in [4.69, 9.17) is 0 Å². The molecule has 0 saturated heterocycles. The van der Waals surface area contributed by atoms with E-state index in [1.165, 1.54) is 10.4 Å². The summed E-state index contributed by atoms with van der Waals surface area (Å²) in [4.78, 5) is 21.3. The van der Waals surface area contributed by atoms with Crippen molar-refractivity contribution in [1.82, 2.24) is 15.3 Å². The van der Waals surface area contributed by atoms with Crippen LogP contribution in [0.3, 0.4) is 0 Å². The summed E-state index contributed by atoms with van der Waals surface area (Å²) >= 11 is 1.59. The van der Waals surface area contributed by atoms with Gasteiger partial charge in [-0.1, -0.05) is 6.92 Å². The minimum Gasteiger partial charge on any atom is -0.351 e. The third-order valence-electron chi connectivity index (χ3n) is 3.00. The quantitative estimate of drug-likeness (QED) is 0.798. The summed E-state index contributed by atoms with van der Waals surface area (Å²) in [6.07, 6.45) is 6.30. The van der Waals surface area contributed by atoms with E-state index in [1.54, 1.807) is 17.5 Å². The lowest BCUT2D eigenvalue weighted by Gasteiger charge is -2.02. The van der Waals surface area contributed by atoms with Crippen LogP contribution in [0.5, 0.6) is 0 Å². The topological polar surface area (TPSA) is 57.8 Å². The van der Waals surface area contributed by atoms with Gasteiger partial charge in [0.05, 0.1) is 4.88 Å². The van der Waals surface area contributed by atoms with Crippen LogP contribution in [0, 0.1) is 6.92 Å². The Hall–Kier alpha value is -1.62. The summed E-state index contributed by atoms with van der Waals surface area (Å²) in [5.41, 5.74) is 1.22. The van der Waals surface area contributed by atoms with Crippen molar-refractivity contribution in [2.75, 3.05) is 6.54 Å². The van der Waals surface area contributed by atoms with E-state index < -0.39 is 0 Å². The molecule has 1 amide bonds. The van der Waals surface area contributed by atoms with Crippen LogP contribution in [0.4, 0.5) is 0 Å². The number of nitrogens with one attached hydrogen (secondary N) is 2. The van der Waals surface area contributed by atoms with Crippen molar-refractivity contribution in [1.29, 1.82) is 0 Å². The normalized spacial score (nSPS) is 10.6. The van der Waals surface area contributed by atoms with Crippen LogP contribution in [0.1, 0.15) is 39.3 Å². The minimum atomic E-state index is 0.0345. The molecule has 19 heavy (non-hydrogen) atoms. The number of hydrogen-bond donors (Lipinski definition) is 2. The molecular weight excluding hydrogens is 258 g/mol. The molecule has 0 unspecified atom stereocenters. The third kappa shape index (κ3) is 3.67. The van der Waals surface area contributed by atoms with Gasteiger partial charge in [0, 0.05) is 30.2 Å². The van der Waals surface area contributed by atoms with Crippen LogP contribution in [0.25, 0.3) is 0 Å². The number of aryl methyl sites for hydroxylation is 3. The highest BCUT2D eigenvalue weighted by atomic mass is 32.1. The second kappa shape index (κ2) is 6.52. The predicted molar refractivity (Wildman–Crippen MR) is 77.7 cm³/mol. The molecule has 0 radical (unpaired) electrons. The summed E-state index contributed by atoms with van der Waals surface area (Å²) in [6.45, 7) is 4.85. The van der Waals surface area contributed by atoms with E-state index in [0.29, 0.717) is 6.54 Å². The zero-order chi connectivity index (χ0) is 13.7. The first kappa shape index (κ1) is 13.8. The molecule has 5 heteroatoms. The number of aromatic amines is 1. The van der Waals surface area contributed by atoms with Gasteiger partial charge in [0.1, 0.15) is 5.82 Å². The molecule has 0 aliphatic carbocycles. The fourth-order valence-corrected chi connectivity index (χ4v) is 2.99. The summed E-state index contributed by atoms with van der Waals surface area (Å²) in [5, 5.41) is 2.96. The fourth-order valence-electron chi connectivity index (χ4n) is 1.96. The highest BCUT2D eigenvalue weighted by molar-refractivity contribution is 7.14. The number of thiophene rings is 1. The molecular formula is C14H19N3OS. The van der Waals surface area contributed by atoms with Crippen LogP contribution in [-0.4, -0.2) is 22.4 Å². The number of rotatable bonds is 6. The number of imidazole rings is 1. The number of nitrogens with zero attached hydrogens (tertiary/aromatic N) is 1. The lowest BCUT2D eigenvalue weighted by molar-refractivity contribution is 0.0957. The van der Waals surface area contributed by atoms with Crippen molar-refractivity contribution in [2.45, 2.75) is 33.1 Å². The number of amides is 1. The molecule has 0 atom stereocenters. The standard InChI is InChI=1S/C14H19N3OS/c1-3-11-10(2)9-12(19-11)14(18)17-6-4-5-13-15-7-8-16-13/h7-9H,3-6H2,1-2H3,(H,15,16)(H,17,18). The number of hydrogen-bond acceptors (Lipinski definition) is 3. The van der Waals surface area contributed by atoms with Gasteiger partial charge in [-0.2, -0.15) is 0 Å². The Morgan fingerprint density at radius 2 is 2.37 bits per heavy atom. The summed E-state index contributed by atoms with van der Waals surface area (Å²) in [5.74, 6) is 1.00. The second-order valence-electron chi connectivity index (χ2n) is 4.47. The van der Waals surface area contributed by atoms with E-state index in [-0.39, 0.29) is 5.91 Å².